The number of hydrogen-bond acceptors (Lipinski definition) is 8. The third-order valence-corrected chi connectivity index (χ3v) is 4.61. The highest BCUT2D eigenvalue weighted by Crippen LogP contribution is 2.28. The number of aromatic nitrogens is 2. The fourth-order valence-corrected chi connectivity index (χ4v) is 2.85. The van der Waals surface area contributed by atoms with Gasteiger partial charge in [0, 0.05) is 18.1 Å². The normalized spacial score (nSPS) is 11.7. The van der Waals surface area contributed by atoms with Gasteiger partial charge in [-0.3, -0.25) is 9.78 Å². The molecule has 0 aliphatic carbocycles. The number of thioether (sulfide) groups is 1. The molecule has 0 bridgehead atoms. The monoisotopic (exact) mass is 421 g/mol. The number of rotatable bonds is 15. The van der Waals surface area contributed by atoms with Gasteiger partial charge in [0.25, 0.3) is 0 Å². The lowest BCUT2D eigenvalue weighted by Crippen LogP contribution is -2.20. The zero-order chi connectivity index (χ0) is 19.9. The van der Waals surface area contributed by atoms with Crippen LogP contribution in [0, 0.1) is 0 Å². The van der Waals surface area contributed by atoms with Crippen molar-refractivity contribution >= 4 is 29.3 Å². The van der Waals surface area contributed by atoms with Crippen LogP contribution in [0.1, 0.15) is 6.42 Å². The molecule has 0 aromatic carbocycles. The SMILES string of the molecule is [N-]=[N+]=NCCOCCOCCOCCC(Sc1[nH]c(=O)ncc1Cl)C(=O)O. The van der Waals surface area contributed by atoms with Crippen LogP contribution in [0.5, 0.6) is 0 Å². The van der Waals surface area contributed by atoms with E-state index in [0.29, 0.717) is 33.0 Å². The van der Waals surface area contributed by atoms with Crippen LogP contribution in [0.2, 0.25) is 5.02 Å². The highest BCUT2D eigenvalue weighted by atomic mass is 35.5. The number of carboxylic acid groups (broad SMARTS) is 1. The van der Waals surface area contributed by atoms with Crippen molar-refractivity contribution in [1.82, 2.24) is 9.97 Å². The Morgan fingerprint density at radius 2 is 1.93 bits per heavy atom. The summed E-state index contributed by atoms with van der Waals surface area (Å²) in [7, 11) is 0. The summed E-state index contributed by atoms with van der Waals surface area (Å²) in [5.74, 6) is -1.04. The van der Waals surface area contributed by atoms with Crippen LogP contribution in [0.4, 0.5) is 0 Å². The van der Waals surface area contributed by atoms with Gasteiger partial charge in [0.2, 0.25) is 0 Å². The fraction of sp³-hybridized carbons (Fsp3) is 0.643. The minimum absolute atomic E-state index is 0.182. The summed E-state index contributed by atoms with van der Waals surface area (Å²) in [6, 6.07) is 0. The largest absolute Gasteiger partial charge is 0.480 e. The molecule has 0 aliphatic heterocycles. The van der Waals surface area contributed by atoms with E-state index < -0.39 is 16.9 Å². The van der Waals surface area contributed by atoms with Gasteiger partial charge in [0.05, 0.1) is 49.3 Å². The van der Waals surface area contributed by atoms with Crippen LogP contribution in [0.3, 0.4) is 0 Å². The topological polar surface area (TPSA) is 160 Å². The molecule has 27 heavy (non-hydrogen) atoms. The molecule has 11 nitrogen and oxygen atoms in total. The Bertz CT molecular complexity index is 684. The average molecular weight is 422 g/mol. The van der Waals surface area contributed by atoms with Crippen LogP contribution in [-0.2, 0) is 19.0 Å². The maximum absolute atomic E-state index is 11.3. The highest BCUT2D eigenvalue weighted by molar-refractivity contribution is 8.00. The lowest BCUT2D eigenvalue weighted by Gasteiger charge is -2.12. The molecular weight excluding hydrogens is 402 g/mol. The molecule has 1 unspecified atom stereocenters. The number of halogens is 1. The summed E-state index contributed by atoms with van der Waals surface area (Å²) in [5.41, 5.74) is 7.48. The van der Waals surface area contributed by atoms with Crippen molar-refractivity contribution in [3.8, 4) is 0 Å². The Balaban J connectivity index is 2.15. The second kappa shape index (κ2) is 14.3. The fourth-order valence-electron chi connectivity index (χ4n) is 1.71. The zero-order valence-corrected chi connectivity index (χ0v) is 15.9. The molecule has 1 rings (SSSR count). The van der Waals surface area contributed by atoms with Crippen LogP contribution in [-0.4, -0.2) is 72.5 Å². The van der Waals surface area contributed by atoms with Gasteiger partial charge in [-0.15, -0.1) is 0 Å². The van der Waals surface area contributed by atoms with Gasteiger partial charge < -0.3 is 19.3 Å². The van der Waals surface area contributed by atoms with Crippen LogP contribution in [0.25, 0.3) is 10.4 Å². The number of aromatic amines is 1. The maximum atomic E-state index is 11.3. The average Bonchev–Trinajstić information content (AvgIpc) is 2.64. The van der Waals surface area contributed by atoms with Crippen LogP contribution >= 0.6 is 23.4 Å². The number of ether oxygens (including phenoxy) is 3. The molecule has 0 spiro atoms. The first-order valence-corrected chi connectivity index (χ1v) is 9.18. The number of azide groups is 1. The molecule has 13 heteroatoms. The minimum atomic E-state index is -1.04. The summed E-state index contributed by atoms with van der Waals surface area (Å²) in [4.78, 5) is 31.0. The number of nitrogens with one attached hydrogen (secondary N) is 1. The Morgan fingerprint density at radius 1 is 1.30 bits per heavy atom. The van der Waals surface area contributed by atoms with Crippen LogP contribution < -0.4 is 5.69 Å². The number of H-pyrrole nitrogens is 1. The third-order valence-electron chi connectivity index (χ3n) is 2.94. The molecular formula is C14H20ClN5O6S. The molecule has 1 atom stereocenters. The molecule has 1 aromatic heterocycles. The van der Waals surface area contributed by atoms with Gasteiger partial charge in [-0.05, 0) is 12.0 Å². The summed E-state index contributed by atoms with van der Waals surface area (Å²) in [6.07, 6.45) is 1.40. The lowest BCUT2D eigenvalue weighted by molar-refractivity contribution is -0.136. The number of aliphatic carboxylic acids is 1. The predicted octanol–water partition coefficient (Wildman–Crippen LogP) is 1.72. The van der Waals surface area contributed by atoms with Crippen molar-refractivity contribution < 1.29 is 24.1 Å². The molecule has 2 N–H and O–H groups in total. The van der Waals surface area contributed by atoms with E-state index in [-0.39, 0.29) is 29.6 Å². The third kappa shape index (κ3) is 10.8. The van der Waals surface area contributed by atoms with Gasteiger partial charge in [-0.1, -0.05) is 28.5 Å². The second-order valence-corrected chi connectivity index (χ2v) is 6.51. The van der Waals surface area contributed by atoms with Gasteiger partial charge in [-0.2, -0.15) is 0 Å². The quantitative estimate of drug-likeness (QED) is 0.108. The molecule has 0 amide bonds. The van der Waals surface area contributed by atoms with Crippen molar-refractivity contribution in [3.05, 3.63) is 32.1 Å². The Morgan fingerprint density at radius 3 is 2.56 bits per heavy atom. The summed E-state index contributed by atoms with van der Waals surface area (Å²) < 4.78 is 15.8. The van der Waals surface area contributed by atoms with E-state index in [4.69, 9.17) is 31.3 Å². The Labute approximate surface area is 164 Å². The number of carboxylic acids is 1. The smallest absolute Gasteiger partial charge is 0.345 e. The Hall–Kier alpha value is -1.82. The van der Waals surface area contributed by atoms with Crippen molar-refractivity contribution in [2.24, 2.45) is 5.11 Å². The molecule has 150 valence electrons. The van der Waals surface area contributed by atoms with Crippen molar-refractivity contribution in [2.45, 2.75) is 16.7 Å². The molecule has 1 heterocycles. The summed E-state index contributed by atoms with van der Waals surface area (Å²) in [5, 5.41) is 12.2. The van der Waals surface area contributed by atoms with E-state index in [1.807, 2.05) is 0 Å². The molecule has 0 saturated carbocycles. The Kier molecular flexibility index (Phi) is 12.3. The minimum Gasteiger partial charge on any atom is -0.480 e. The number of hydrogen-bond donors (Lipinski definition) is 2. The van der Waals surface area contributed by atoms with E-state index in [1.54, 1.807) is 0 Å². The second-order valence-electron chi connectivity index (χ2n) is 4.89. The van der Waals surface area contributed by atoms with Crippen molar-refractivity contribution in [3.63, 3.8) is 0 Å². The first-order valence-electron chi connectivity index (χ1n) is 7.93. The molecule has 0 fully saturated rings. The van der Waals surface area contributed by atoms with Gasteiger partial charge in [0.15, 0.2) is 0 Å². The summed E-state index contributed by atoms with van der Waals surface area (Å²) in [6.45, 7) is 2.23. The van der Waals surface area contributed by atoms with Crippen molar-refractivity contribution in [1.29, 1.82) is 0 Å². The maximum Gasteiger partial charge on any atom is 0.345 e. The first-order chi connectivity index (χ1) is 13.0. The number of carbonyl (C=O) groups is 1. The van der Waals surface area contributed by atoms with E-state index in [1.165, 1.54) is 6.20 Å². The predicted molar refractivity (Wildman–Crippen MR) is 98.2 cm³/mol. The van der Waals surface area contributed by atoms with Crippen molar-refractivity contribution in [2.75, 3.05) is 46.2 Å². The van der Waals surface area contributed by atoms with E-state index in [9.17, 15) is 14.7 Å². The van der Waals surface area contributed by atoms with E-state index in [2.05, 4.69) is 20.0 Å². The van der Waals surface area contributed by atoms with Gasteiger partial charge in [0.1, 0.15) is 5.25 Å². The number of nitrogens with zero attached hydrogens (tertiary/aromatic N) is 4. The van der Waals surface area contributed by atoms with Gasteiger partial charge in [-0.25, -0.2) is 9.78 Å². The molecule has 0 saturated heterocycles. The molecule has 0 aliphatic rings. The molecule has 1 aromatic rings. The summed E-state index contributed by atoms with van der Waals surface area (Å²) >= 11 is 6.83. The first kappa shape index (κ1) is 23.2. The standard InChI is InChI=1S/C14H20ClN5O6S/c15-10-9-17-14(23)19-12(10)27-11(13(21)22)1-3-24-5-7-26-8-6-25-4-2-18-20-16/h9,11H,1-8H2,(H,21,22)(H,17,19,23). The van der Waals surface area contributed by atoms with Gasteiger partial charge >= 0.3 is 11.7 Å². The molecule has 0 radical (unpaired) electrons. The highest BCUT2D eigenvalue weighted by Gasteiger charge is 2.20. The van der Waals surface area contributed by atoms with E-state index >= 15 is 0 Å². The van der Waals surface area contributed by atoms with Crippen LogP contribution in [0.15, 0.2) is 21.1 Å². The zero-order valence-electron chi connectivity index (χ0n) is 14.4. The van der Waals surface area contributed by atoms with E-state index in [0.717, 1.165) is 11.8 Å². The lowest BCUT2D eigenvalue weighted by atomic mass is 10.3.